The van der Waals surface area contributed by atoms with Crippen molar-refractivity contribution in [2.45, 2.75) is 20.1 Å². The molecule has 2 rings (SSSR count). The van der Waals surface area contributed by atoms with Crippen LogP contribution in [0.3, 0.4) is 0 Å². The van der Waals surface area contributed by atoms with Crippen LogP contribution in [0.5, 0.6) is 11.5 Å². The highest BCUT2D eigenvalue weighted by Gasteiger charge is 2.13. The summed E-state index contributed by atoms with van der Waals surface area (Å²) in [6.07, 6.45) is 0. The maximum absolute atomic E-state index is 9.21. The number of aliphatic hydroxyl groups is 1. The molecule has 0 saturated carbocycles. The van der Waals surface area contributed by atoms with Crippen molar-refractivity contribution in [1.82, 2.24) is 20.2 Å². The van der Waals surface area contributed by atoms with Crippen LogP contribution in [0.2, 0.25) is 0 Å². The lowest BCUT2D eigenvalue weighted by Crippen LogP contribution is -2.03. The fraction of sp³-hybridized carbons (Fsp3) is 0.417. The average molecular weight is 343 g/mol. The third-order valence-electron chi connectivity index (χ3n) is 2.45. The number of rotatable bonds is 6. The molecule has 0 radical (unpaired) electrons. The van der Waals surface area contributed by atoms with Crippen molar-refractivity contribution in [3.05, 3.63) is 28.0 Å². The zero-order chi connectivity index (χ0) is 14.5. The van der Waals surface area contributed by atoms with Gasteiger partial charge in [-0.2, -0.15) is 4.80 Å². The molecule has 0 unspecified atom stereocenters. The summed E-state index contributed by atoms with van der Waals surface area (Å²) < 4.78 is 11.9. The predicted molar refractivity (Wildman–Crippen MR) is 74.4 cm³/mol. The fourth-order valence-electron chi connectivity index (χ4n) is 1.63. The molecule has 0 aliphatic carbocycles. The van der Waals surface area contributed by atoms with E-state index < -0.39 is 0 Å². The molecule has 1 aromatic carbocycles. The Morgan fingerprint density at radius 1 is 1.35 bits per heavy atom. The summed E-state index contributed by atoms with van der Waals surface area (Å²) in [5.74, 6) is 1.60. The molecule has 0 amide bonds. The van der Waals surface area contributed by atoms with E-state index in [0.717, 1.165) is 5.56 Å². The number of aromatic nitrogens is 4. The topological polar surface area (TPSA) is 82.3 Å². The van der Waals surface area contributed by atoms with E-state index in [-0.39, 0.29) is 13.2 Å². The minimum atomic E-state index is -0.0648. The van der Waals surface area contributed by atoms with Crippen molar-refractivity contribution in [2.75, 3.05) is 6.61 Å². The number of aryl methyl sites for hydroxylation is 1. The molecular weight excluding hydrogens is 328 g/mol. The van der Waals surface area contributed by atoms with Crippen LogP contribution < -0.4 is 9.47 Å². The van der Waals surface area contributed by atoms with Gasteiger partial charge in [-0.05, 0) is 45.8 Å². The fourth-order valence-corrected chi connectivity index (χ4v) is 2.24. The zero-order valence-electron chi connectivity index (χ0n) is 11.2. The predicted octanol–water partition coefficient (Wildman–Crippen LogP) is 1.44. The van der Waals surface area contributed by atoms with Crippen LogP contribution in [0.15, 0.2) is 16.6 Å². The number of tetrazole rings is 1. The maximum atomic E-state index is 9.21. The van der Waals surface area contributed by atoms with Gasteiger partial charge in [0.05, 0.1) is 24.7 Å². The first-order valence-corrected chi connectivity index (χ1v) is 6.85. The van der Waals surface area contributed by atoms with Gasteiger partial charge in [0.25, 0.3) is 0 Å². The molecule has 8 heteroatoms. The van der Waals surface area contributed by atoms with Gasteiger partial charge < -0.3 is 14.6 Å². The minimum Gasteiger partial charge on any atom is -0.490 e. The summed E-state index contributed by atoms with van der Waals surface area (Å²) in [4.78, 5) is 1.37. The van der Waals surface area contributed by atoms with Crippen molar-refractivity contribution >= 4 is 15.9 Å². The summed E-state index contributed by atoms with van der Waals surface area (Å²) in [7, 11) is 1.69. The van der Waals surface area contributed by atoms with Gasteiger partial charge in [0, 0.05) is 0 Å². The second-order valence-corrected chi connectivity index (χ2v) is 4.83. The van der Waals surface area contributed by atoms with E-state index in [9.17, 15) is 5.11 Å². The molecule has 0 fully saturated rings. The SMILES string of the molecule is CCOc1cc(CO)cc(Br)c1OCc1nnn(C)n1. The van der Waals surface area contributed by atoms with Gasteiger partial charge in [-0.25, -0.2) is 0 Å². The van der Waals surface area contributed by atoms with Gasteiger partial charge in [-0.1, -0.05) is 0 Å². The lowest BCUT2D eigenvalue weighted by molar-refractivity contribution is 0.257. The number of ether oxygens (including phenoxy) is 2. The maximum Gasteiger partial charge on any atom is 0.212 e. The highest BCUT2D eigenvalue weighted by Crippen LogP contribution is 2.37. The van der Waals surface area contributed by atoms with E-state index in [2.05, 4.69) is 31.3 Å². The van der Waals surface area contributed by atoms with Crippen molar-refractivity contribution in [1.29, 1.82) is 0 Å². The number of nitrogens with zero attached hydrogens (tertiary/aromatic N) is 4. The molecule has 0 saturated heterocycles. The smallest absolute Gasteiger partial charge is 0.212 e. The molecule has 2 aromatic rings. The molecule has 1 heterocycles. The molecule has 108 valence electrons. The Bertz CT molecular complexity index is 588. The Kier molecular flexibility index (Phi) is 4.91. The molecule has 7 nitrogen and oxygen atoms in total. The summed E-state index contributed by atoms with van der Waals surface area (Å²) in [6, 6.07) is 3.52. The van der Waals surface area contributed by atoms with E-state index in [1.807, 2.05) is 6.92 Å². The van der Waals surface area contributed by atoms with E-state index in [4.69, 9.17) is 9.47 Å². The monoisotopic (exact) mass is 342 g/mol. The van der Waals surface area contributed by atoms with E-state index in [1.54, 1.807) is 19.2 Å². The Morgan fingerprint density at radius 2 is 2.15 bits per heavy atom. The highest BCUT2D eigenvalue weighted by atomic mass is 79.9. The first-order chi connectivity index (χ1) is 9.63. The number of hydrogen-bond acceptors (Lipinski definition) is 6. The average Bonchev–Trinajstić information content (AvgIpc) is 2.83. The number of benzene rings is 1. The zero-order valence-corrected chi connectivity index (χ0v) is 12.8. The number of aliphatic hydroxyl groups excluding tert-OH is 1. The van der Waals surface area contributed by atoms with E-state index >= 15 is 0 Å². The van der Waals surface area contributed by atoms with Gasteiger partial charge in [0.1, 0.15) is 0 Å². The van der Waals surface area contributed by atoms with E-state index in [1.165, 1.54) is 4.80 Å². The van der Waals surface area contributed by atoms with Crippen molar-refractivity contribution in [3.8, 4) is 11.5 Å². The second kappa shape index (κ2) is 6.67. The molecular formula is C12H15BrN4O3. The standard InChI is InChI=1S/C12H15BrN4O3/c1-3-19-10-5-8(6-18)4-9(13)12(10)20-7-11-14-16-17(2)15-11/h4-5,18H,3,6-7H2,1-2H3. The lowest BCUT2D eigenvalue weighted by atomic mass is 10.2. The molecule has 1 N–H and O–H groups in total. The highest BCUT2D eigenvalue weighted by molar-refractivity contribution is 9.10. The van der Waals surface area contributed by atoms with Gasteiger partial charge in [-0.15, -0.1) is 10.2 Å². The minimum absolute atomic E-state index is 0.0648. The summed E-state index contributed by atoms with van der Waals surface area (Å²) in [5, 5.41) is 20.8. The largest absolute Gasteiger partial charge is 0.490 e. The van der Waals surface area contributed by atoms with E-state index in [0.29, 0.717) is 28.4 Å². The summed E-state index contributed by atoms with van der Waals surface area (Å²) in [6.45, 7) is 2.50. The molecule has 1 aromatic heterocycles. The lowest BCUT2D eigenvalue weighted by Gasteiger charge is -2.14. The van der Waals surface area contributed by atoms with Gasteiger partial charge in [-0.3, -0.25) is 0 Å². The van der Waals surface area contributed by atoms with Crippen molar-refractivity contribution in [3.63, 3.8) is 0 Å². The Hall–Kier alpha value is -1.67. The van der Waals surface area contributed by atoms with Crippen LogP contribution >= 0.6 is 15.9 Å². The van der Waals surface area contributed by atoms with Crippen LogP contribution in [0.25, 0.3) is 0 Å². The first-order valence-electron chi connectivity index (χ1n) is 6.05. The quantitative estimate of drug-likeness (QED) is 0.855. The summed E-state index contributed by atoms with van der Waals surface area (Å²) >= 11 is 3.41. The third kappa shape index (κ3) is 3.45. The molecule has 0 aliphatic heterocycles. The van der Waals surface area contributed by atoms with Crippen LogP contribution in [-0.4, -0.2) is 31.9 Å². The molecule has 0 aliphatic rings. The molecule has 20 heavy (non-hydrogen) atoms. The Labute approximate surface area is 124 Å². The summed E-state index contributed by atoms with van der Waals surface area (Å²) in [5.41, 5.74) is 0.741. The van der Waals surface area contributed by atoms with Crippen molar-refractivity contribution in [2.24, 2.45) is 7.05 Å². The Morgan fingerprint density at radius 3 is 2.75 bits per heavy atom. The number of hydrogen-bond donors (Lipinski definition) is 1. The molecule has 0 atom stereocenters. The Balaban J connectivity index is 2.20. The van der Waals surface area contributed by atoms with Gasteiger partial charge in [0.2, 0.25) is 5.82 Å². The van der Waals surface area contributed by atoms with Crippen LogP contribution in [0.1, 0.15) is 18.3 Å². The van der Waals surface area contributed by atoms with Crippen LogP contribution in [0.4, 0.5) is 0 Å². The van der Waals surface area contributed by atoms with Crippen LogP contribution in [-0.2, 0) is 20.3 Å². The third-order valence-corrected chi connectivity index (χ3v) is 3.04. The molecule has 0 spiro atoms. The van der Waals surface area contributed by atoms with Crippen molar-refractivity contribution < 1.29 is 14.6 Å². The van der Waals surface area contributed by atoms with Gasteiger partial charge in [0.15, 0.2) is 18.1 Å². The second-order valence-electron chi connectivity index (χ2n) is 3.98. The first kappa shape index (κ1) is 14.7. The number of halogens is 1. The molecule has 0 bridgehead atoms. The van der Waals surface area contributed by atoms with Crippen LogP contribution in [0, 0.1) is 0 Å². The van der Waals surface area contributed by atoms with Gasteiger partial charge >= 0.3 is 0 Å². The normalized spacial score (nSPS) is 10.6.